The zero-order chi connectivity index (χ0) is 22.7. The van der Waals surface area contributed by atoms with Gasteiger partial charge in [0.25, 0.3) is 5.56 Å². The second-order valence-electron chi connectivity index (χ2n) is 7.99. The topological polar surface area (TPSA) is 56.5 Å². The number of aromatic nitrogens is 2. The molecule has 32 heavy (non-hydrogen) atoms. The maximum atomic E-state index is 13.1. The van der Waals surface area contributed by atoms with E-state index in [-0.39, 0.29) is 11.5 Å². The summed E-state index contributed by atoms with van der Waals surface area (Å²) in [5.74, 6) is 1.45. The van der Waals surface area contributed by atoms with Crippen LogP contribution in [-0.4, -0.2) is 15.9 Å². The van der Waals surface area contributed by atoms with Crippen LogP contribution in [0.5, 0.6) is 5.75 Å². The summed E-state index contributed by atoms with van der Waals surface area (Å²) in [6.07, 6.45) is 1.67. The van der Waals surface area contributed by atoms with Crippen molar-refractivity contribution in [3.63, 3.8) is 0 Å². The molecule has 3 aromatic carbocycles. The Hall–Kier alpha value is -3.25. The Morgan fingerprint density at radius 3 is 2.59 bits per heavy atom. The van der Waals surface area contributed by atoms with Crippen molar-refractivity contribution in [2.24, 2.45) is 5.10 Å². The van der Waals surface area contributed by atoms with Gasteiger partial charge in [0.2, 0.25) is 0 Å². The van der Waals surface area contributed by atoms with Crippen LogP contribution in [0.25, 0.3) is 10.9 Å². The fourth-order valence-corrected chi connectivity index (χ4v) is 3.76. The average Bonchev–Trinajstić information content (AvgIpc) is 2.78. The normalized spacial score (nSPS) is 11.5. The number of hydrogen-bond acceptors (Lipinski definition) is 4. The van der Waals surface area contributed by atoms with Crippen molar-refractivity contribution in [3.05, 3.63) is 104 Å². The summed E-state index contributed by atoms with van der Waals surface area (Å²) in [6.45, 7) is 6.58. The van der Waals surface area contributed by atoms with Crippen LogP contribution in [0.4, 0.5) is 0 Å². The number of benzene rings is 3. The molecule has 0 saturated heterocycles. The van der Waals surface area contributed by atoms with Crippen LogP contribution in [0.2, 0.25) is 0 Å². The minimum atomic E-state index is -0.186. The maximum absolute atomic E-state index is 13.1. The molecule has 0 aliphatic carbocycles. The van der Waals surface area contributed by atoms with Gasteiger partial charge < -0.3 is 4.74 Å². The third-order valence-electron chi connectivity index (χ3n) is 5.04. The Morgan fingerprint density at radius 1 is 1.09 bits per heavy atom. The fourth-order valence-electron chi connectivity index (χ4n) is 3.39. The van der Waals surface area contributed by atoms with Gasteiger partial charge in [-0.25, -0.2) is 4.98 Å². The van der Waals surface area contributed by atoms with Crippen molar-refractivity contribution in [2.75, 3.05) is 0 Å². The van der Waals surface area contributed by atoms with Gasteiger partial charge in [-0.2, -0.15) is 9.78 Å². The quantitative estimate of drug-likeness (QED) is 0.309. The molecule has 0 unspecified atom stereocenters. The van der Waals surface area contributed by atoms with E-state index in [1.54, 1.807) is 12.3 Å². The van der Waals surface area contributed by atoms with Crippen molar-refractivity contribution >= 4 is 33.0 Å². The molecule has 0 radical (unpaired) electrons. The molecule has 0 amide bonds. The van der Waals surface area contributed by atoms with Gasteiger partial charge in [-0.05, 0) is 60.5 Å². The summed E-state index contributed by atoms with van der Waals surface area (Å²) >= 11 is 3.43. The van der Waals surface area contributed by atoms with E-state index < -0.39 is 0 Å². The molecule has 0 aliphatic heterocycles. The first-order valence-electron chi connectivity index (χ1n) is 10.5. The van der Waals surface area contributed by atoms with Crippen LogP contribution in [0.3, 0.4) is 0 Å². The predicted octanol–water partition coefficient (Wildman–Crippen LogP) is 6.05. The summed E-state index contributed by atoms with van der Waals surface area (Å²) in [6, 6.07) is 21.4. The number of halogens is 1. The first-order chi connectivity index (χ1) is 15.4. The van der Waals surface area contributed by atoms with E-state index in [4.69, 9.17) is 4.74 Å². The molecule has 0 aliphatic rings. The lowest BCUT2D eigenvalue weighted by Crippen LogP contribution is -2.23. The van der Waals surface area contributed by atoms with Crippen LogP contribution in [0, 0.1) is 6.92 Å². The van der Waals surface area contributed by atoms with E-state index in [1.807, 2.05) is 62.4 Å². The van der Waals surface area contributed by atoms with Gasteiger partial charge in [0.1, 0.15) is 18.2 Å². The first-order valence-corrected chi connectivity index (χ1v) is 11.2. The zero-order valence-electron chi connectivity index (χ0n) is 18.2. The standard InChI is InChI=1S/C26H24BrN3O2/c1-17(2)25-29-24-12-9-21(27)14-23(24)26(31)30(25)28-15-19-7-10-22(11-8-19)32-16-20-6-4-5-18(3)13-20/h4-15,17H,16H2,1-3H3. The lowest BCUT2D eigenvalue weighted by atomic mass is 10.1. The van der Waals surface area contributed by atoms with E-state index in [2.05, 4.69) is 45.1 Å². The second-order valence-corrected chi connectivity index (χ2v) is 8.91. The van der Waals surface area contributed by atoms with Crippen LogP contribution in [0.1, 0.15) is 42.3 Å². The zero-order valence-corrected chi connectivity index (χ0v) is 19.8. The largest absolute Gasteiger partial charge is 0.489 e. The number of ether oxygens (including phenoxy) is 1. The summed E-state index contributed by atoms with van der Waals surface area (Å²) < 4.78 is 8.10. The van der Waals surface area contributed by atoms with E-state index in [0.717, 1.165) is 21.3 Å². The van der Waals surface area contributed by atoms with Crippen LogP contribution < -0.4 is 10.3 Å². The maximum Gasteiger partial charge on any atom is 0.282 e. The van der Waals surface area contributed by atoms with Crippen molar-refractivity contribution in [2.45, 2.75) is 33.3 Å². The molecule has 0 saturated carbocycles. The molecule has 0 fully saturated rings. The highest BCUT2D eigenvalue weighted by Gasteiger charge is 2.13. The summed E-state index contributed by atoms with van der Waals surface area (Å²) in [7, 11) is 0. The lowest BCUT2D eigenvalue weighted by Gasteiger charge is -2.12. The Bertz CT molecular complexity index is 1340. The van der Waals surface area contributed by atoms with Crippen molar-refractivity contribution in [1.29, 1.82) is 0 Å². The monoisotopic (exact) mass is 489 g/mol. The van der Waals surface area contributed by atoms with Crippen LogP contribution in [-0.2, 0) is 6.61 Å². The van der Waals surface area contributed by atoms with Gasteiger partial charge in [-0.15, -0.1) is 0 Å². The molecule has 0 atom stereocenters. The highest BCUT2D eigenvalue weighted by Crippen LogP contribution is 2.19. The van der Waals surface area contributed by atoms with Gasteiger partial charge in [0.15, 0.2) is 0 Å². The number of nitrogens with zero attached hydrogens (tertiary/aromatic N) is 3. The van der Waals surface area contributed by atoms with Gasteiger partial charge in [0, 0.05) is 10.4 Å². The fraction of sp³-hybridized carbons (Fsp3) is 0.192. The Morgan fingerprint density at radius 2 is 1.88 bits per heavy atom. The molecule has 4 aromatic rings. The summed E-state index contributed by atoms with van der Waals surface area (Å²) in [4.78, 5) is 17.8. The molecule has 0 N–H and O–H groups in total. The Kier molecular flexibility index (Phi) is 6.51. The molecule has 1 aromatic heterocycles. The highest BCUT2D eigenvalue weighted by molar-refractivity contribution is 9.10. The number of rotatable bonds is 6. The molecule has 1 heterocycles. The minimum absolute atomic E-state index is 0.0466. The SMILES string of the molecule is Cc1cccc(COc2ccc(C=Nn3c(C(C)C)nc4ccc(Br)cc4c3=O)cc2)c1. The van der Waals surface area contributed by atoms with Crippen molar-refractivity contribution < 1.29 is 4.74 Å². The Balaban J connectivity index is 1.57. The third kappa shape index (κ3) is 4.97. The molecular formula is C26H24BrN3O2. The van der Waals surface area contributed by atoms with Gasteiger partial charge in [0.05, 0.1) is 17.1 Å². The number of aryl methyl sites for hydroxylation is 1. The second kappa shape index (κ2) is 9.49. The Labute approximate surface area is 195 Å². The van der Waals surface area contributed by atoms with Crippen molar-refractivity contribution in [3.8, 4) is 5.75 Å². The predicted molar refractivity (Wildman–Crippen MR) is 133 cm³/mol. The van der Waals surface area contributed by atoms with E-state index in [9.17, 15) is 4.79 Å². The van der Waals surface area contributed by atoms with E-state index in [1.165, 1.54) is 10.2 Å². The minimum Gasteiger partial charge on any atom is -0.489 e. The van der Waals surface area contributed by atoms with Crippen LogP contribution >= 0.6 is 15.9 Å². The molecule has 0 bridgehead atoms. The first kappa shape index (κ1) is 22.0. The summed E-state index contributed by atoms with van der Waals surface area (Å²) in [5, 5.41) is 5.00. The molecule has 0 spiro atoms. The average molecular weight is 490 g/mol. The molecule has 162 valence electrons. The molecule has 5 nitrogen and oxygen atoms in total. The number of fused-ring (bicyclic) bond motifs is 1. The molecular weight excluding hydrogens is 466 g/mol. The third-order valence-corrected chi connectivity index (χ3v) is 5.53. The van der Waals surface area contributed by atoms with Crippen molar-refractivity contribution in [1.82, 2.24) is 9.66 Å². The molecule has 4 rings (SSSR count). The lowest BCUT2D eigenvalue weighted by molar-refractivity contribution is 0.306. The van der Waals surface area contributed by atoms with E-state index >= 15 is 0 Å². The summed E-state index contributed by atoms with van der Waals surface area (Å²) in [5.41, 5.74) is 3.69. The van der Waals surface area contributed by atoms with Gasteiger partial charge in [-0.1, -0.05) is 59.6 Å². The van der Waals surface area contributed by atoms with Crippen LogP contribution in [0.15, 0.2) is 81.1 Å². The van der Waals surface area contributed by atoms with Gasteiger partial charge in [-0.3, -0.25) is 4.79 Å². The smallest absolute Gasteiger partial charge is 0.282 e. The number of hydrogen-bond donors (Lipinski definition) is 0. The highest BCUT2D eigenvalue weighted by atomic mass is 79.9. The van der Waals surface area contributed by atoms with E-state index in [0.29, 0.717) is 23.3 Å². The molecule has 6 heteroatoms. The van der Waals surface area contributed by atoms with Gasteiger partial charge >= 0.3 is 0 Å².